The van der Waals surface area contributed by atoms with Crippen molar-refractivity contribution in [2.75, 3.05) is 4.90 Å². The van der Waals surface area contributed by atoms with E-state index >= 15 is 0 Å². The third kappa shape index (κ3) is 4.61. The topological polar surface area (TPSA) is 46.1 Å². The fourth-order valence-corrected chi connectivity index (χ4v) is 5.84. The molecule has 0 N–H and O–H groups in total. The molecule has 0 spiro atoms. The van der Waals surface area contributed by atoms with Gasteiger partial charge in [-0.1, -0.05) is 47.6 Å². The molecule has 0 fully saturated rings. The first-order valence-electron chi connectivity index (χ1n) is 9.84. The first kappa shape index (κ1) is 21.8. The van der Waals surface area contributed by atoms with Crippen LogP contribution in [0.1, 0.15) is 29.3 Å². The number of carbonyl (C=O) groups is 1. The molecule has 4 rings (SSSR count). The van der Waals surface area contributed by atoms with E-state index in [9.17, 15) is 4.79 Å². The second-order valence-electron chi connectivity index (χ2n) is 7.47. The molecular formula is C24H22ClN3OS2. The minimum absolute atomic E-state index is 0.116. The lowest BCUT2D eigenvalue weighted by atomic mass is 10.1. The Balaban J connectivity index is 1.58. The van der Waals surface area contributed by atoms with Crippen LogP contribution in [0.15, 0.2) is 52.9 Å². The number of hydrogen-bond donors (Lipinski definition) is 0. The Bertz CT molecular complexity index is 1260. The van der Waals surface area contributed by atoms with E-state index in [0.29, 0.717) is 21.6 Å². The molecule has 0 radical (unpaired) electrons. The zero-order chi connectivity index (χ0) is 22.1. The van der Waals surface area contributed by atoms with Crippen LogP contribution in [0, 0.1) is 20.8 Å². The highest BCUT2D eigenvalue weighted by molar-refractivity contribution is 7.98. The summed E-state index contributed by atoms with van der Waals surface area (Å²) in [6.45, 7) is 7.59. The summed E-state index contributed by atoms with van der Waals surface area (Å²) in [6, 6.07) is 14.2. The predicted molar refractivity (Wildman–Crippen MR) is 132 cm³/mol. The van der Waals surface area contributed by atoms with Gasteiger partial charge >= 0.3 is 0 Å². The first-order valence-corrected chi connectivity index (χ1v) is 12.1. The average Bonchev–Trinajstić information content (AvgIpc) is 3.17. The third-order valence-electron chi connectivity index (χ3n) is 4.94. The Morgan fingerprint density at radius 2 is 1.87 bits per heavy atom. The van der Waals surface area contributed by atoms with Crippen molar-refractivity contribution < 1.29 is 4.79 Å². The minimum Gasteiger partial charge on any atom is -0.274 e. The zero-order valence-corrected chi connectivity index (χ0v) is 20.2. The Morgan fingerprint density at radius 3 is 2.61 bits per heavy atom. The van der Waals surface area contributed by atoms with Gasteiger partial charge in [-0.15, -0.1) is 11.3 Å². The lowest BCUT2D eigenvalue weighted by molar-refractivity contribution is -0.115. The molecule has 0 aliphatic heterocycles. The number of thioether (sulfide) groups is 1. The summed E-state index contributed by atoms with van der Waals surface area (Å²) < 4.78 is 0. The maximum atomic E-state index is 12.5. The number of rotatable bonds is 5. The molecule has 31 heavy (non-hydrogen) atoms. The number of para-hydroxylation sites is 1. The second-order valence-corrected chi connectivity index (χ2v) is 9.71. The van der Waals surface area contributed by atoms with Gasteiger partial charge in [0.05, 0.1) is 26.9 Å². The Labute approximate surface area is 195 Å². The fraction of sp³-hybridized carbons (Fsp3) is 0.208. The standard InChI is InChI=1S/C24H22ClN3OS2/c1-14-9-16(3)23(20(25)10-14)28(17(4)29)24-26-18(13-31-24)12-30-22-11-15(2)19-7-5-6-8-21(19)27-22/h5-11,13H,12H2,1-4H3. The number of aryl methyl sites for hydroxylation is 3. The van der Waals surface area contributed by atoms with Crippen molar-refractivity contribution in [1.82, 2.24) is 9.97 Å². The SMILES string of the molecule is CC(=O)N(c1nc(CSc2cc(C)c3ccccc3n2)cs1)c1c(C)cc(C)cc1Cl. The molecule has 0 unspecified atom stereocenters. The first-order chi connectivity index (χ1) is 14.8. The molecule has 4 nitrogen and oxygen atoms in total. The maximum Gasteiger partial charge on any atom is 0.230 e. The van der Waals surface area contributed by atoms with Crippen molar-refractivity contribution in [2.45, 2.75) is 38.5 Å². The molecule has 0 saturated carbocycles. The van der Waals surface area contributed by atoms with Gasteiger partial charge in [-0.05, 0) is 55.7 Å². The van der Waals surface area contributed by atoms with Gasteiger partial charge in [-0.3, -0.25) is 9.69 Å². The van der Waals surface area contributed by atoms with Crippen molar-refractivity contribution >= 4 is 62.3 Å². The summed E-state index contributed by atoms with van der Waals surface area (Å²) in [5.74, 6) is 0.558. The smallest absolute Gasteiger partial charge is 0.230 e. The number of amides is 1. The Morgan fingerprint density at radius 1 is 1.10 bits per heavy atom. The summed E-state index contributed by atoms with van der Waals surface area (Å²) in [4.78, 5) is 23.6. The number of nitrogens with zero attached hydrogens (tertiary/aromatic N) is 3. The van der Waals surface area contributed by atoms with E-state index in [4.69, 9.17) is 21.6 Å². The van der Waals surface area contributed by atoms with Crippen LogP contribution in [0.3, 0.4) is 0 Å². The van der Waals surface area contributed by atoms with Crippen LogP contribution in [0.2, 0.25) is 5.02 Å². The number of hydrogen-bond acceptors (Lipinski definition) is 5. The number of aromatic nitrogens is 2. The van der Waals surface area contributed by atoms with Gasteiger partial charge in [0.2, 0.25) is 5.91 Å². The highest BCUT2D eigenvalue weighted by Gasteiger charge is 2.22. The number of anilines is 2. The largest absolute Gasteiger partial charge is 0.274 e. The number of carbonyl (C=O) groups excluding carboxylic acids is 1. The van der Waals surface area contributed by atoms with Crippen molar-refractivity contribution in [2.24, 2.45) is 0 Å². The molecule has 0 atom stereocenters. The predicted octanol–water partition coefficient (Wildman–Crippen LogP) is 7.25. The molecule has 2 aromatic carbocycles. The van der Waals surface area contributed by atoms with Crippen LogP contribution in [0.4, 0.5) is 10.8 Å². The quantitative estimate of drug-likeness (QED) is 0.290. The van der Waals surface area contributed by atoms with Gasteiger partial charge in [-0.25, -0.2) is 9.97 Å². The zero-order valence-electron chi connectivity index (χ0n) is 17.8. The van der Waals surface area contributed by atoms with Crippen LogP contribution in [0.5, 0.6) is 0 Å². The van der Waals surface area contributed by atoms with E-state index < -0.39 is 0 Å². The van der Waals surface area contributed by atoms with Crippen molar-refractivity contribution in [3.05, 3.63) is 75.3 Å². The van der Waals surface area contributed by atoms with Crippen LogP contribution >= 0.6 is 34.7 Å². The lowest BCUT2D eigenvalue weighted by Gasteiger charge is -2.22. The molecule has 2 heterocycles. The van der Waals surface area contributed by atoms with E-state index in [2.05, 4.69) is 19.1 Å². The number of pyridine rings is 1. The Kier molecular flexibility index (Phi) is 6.32. The summed E-state index contributed by atoms with van der Waals surface area (Å²) in [5.41, 5.74) is 5.81. The average molecular weight is 468 g/mol. The van der Waals surface area contributed by atoms with Crippen LogP contribution < -0.4 is 4.90 Å². The van der Waals surface area contributed by atoms with Gasteiger partial charge in [0.25, 0.3) is 0 Å². The fourth-order valence-electron chi connectivity index (χ4n) is 3.58. The normalized spacial score (nSPS) is 11.1. The molecule has 0 saturated heterocycles. The van der Waals surface area contributed by atoms with Gasteiger partial charge in [0.15, 0.2) is 5.13 Å². The maximum absolute atomic E-state index is 12.5. The van der Waals surface area contributed by atoms with Gasteiger partial charge < -0.3 is 0 Å². The van der Waals surface area contributed by atoms with Crippen LogP contribution in [-0.4, -0.2) is 15.9 Å². The van der Waals surface area contributed by atoms with E-state index in [1.54, 1.807) is 16.7 Å². The van der Waals surface area contributed by atoms with E-state index in [0.717, 1.165) is 27.4 Å². The van der Waals surface area contributed by atoms with Gasteiger partial charge in [0, 0.05) is 23.4 Å². The summed E-state index contributed by atoms with van der Waals surface area (Å²) >= 11 is 9.59. The van der Waals surface area contributed by atoms with E-state index in [1.807, 2.05) is 49.6 Å². The Hall–Kier alpha value is -2.41. The summed E-state index contributed by atoms with van der Waals surface area (Å²) in [5, 5.41) is 5.30. The van der Waals surface area contributed by atoms with Crippen LogP contribution in [0.25, 0.3) is 10.9 Å². The second kappa shape index (κ2) is 8.99. The molecule has 0 aliphatic rings. The van der Waals surface area contributed by atoms with E-state index in [1.165, 1.54) is 29.2 Å². The molecule has 158 valence electrons. The molecule has 4 aromatic rings. The van der Waals surface area contributed by atoms with Crippen molar-refractivity contribution in [3.63, 3.8) is 0 Å². The van der Waals surface area contributed by atoms with Gasteiger partial charge in [-0.2, -0.15) is 0 Å². The number of halogens is 1. The molecule has 0 bridgehead atoms. The van der Waals surface area contributed by atoms with Gasteiger partial charge in [0.1, 0.15) is 0 Å². The molecule has 2 aromatic heterocycles. The van der Waals surface area contributed by atoms with Crippen LogP contribution in [-0.2, 0) is 10.5 Å². The number of thiazole rings is 1. The summed E-state index contributed by atoms with van der Waals surface area (Å²) in [6.07, 6.45) is 0. The monoisotopic (exact) mass is 467 g/mol. The number of fused-ring (bicyclic) bond motifs is 1. The van der Waals surface area contributed by atoms with Crippen molar-refractivity contribution in [1.29, 1.82) is 0 Å². The third-order valence-corrected chi connectivity index (χ3v) is 7.04. The highest BCUT2D eigenvalue weighted by Crippen LogP contribution is 2.38. The number of benzene rings is 2. The minimum atomic E-state index is -0.116. The molecule has 1 amide bonds. The summed E-state index contributed by atoms with van der Waals surface area (Å²) in [7, 11) is 0. The lowest BCUT2D eigenvalue weighted by Crippen LogP contribution is -2.24. The molecule has 0 aliphatic carbocycles. The molecular weight excluding hydrogens is 446 g/mol. The highest BCUT2D eigenvalue weighted by atomic mass is 35.5. The molecule has 7 heteroatoms. The van der Waals surface area contributed by atoms with E-state index in [-0.39, 0.29) is 5.91 Å². The van der Waals surface area contributed by atoms with Crippen molar-refractivity contribution in [3.8, 4) is 0 Å².